The summed E-state index contributed by atoms with van der Waals surface area (Å²) in [6, 6.07) is 16.5. The van der Waals surface area contributed by atoms with Crippen LogP contribution in [0.5, 0.6) is 11.5 Å². The van der Waals surface area contributed by atoms with Crippen molar-refractivity contribution in [3.05, 3.63) is 54.1 Å². The molecule has 0 saturated carbocycles. The fourth-order valence-corrected chi connectivity index (χ4v) is 2.60. The predicted octanol–water partition coefficient (Wildman–Crippen LogP) is 3.68. The monoisotopic (exact) mass is 328 g/mol. The van der Waals surface area contributed by atoms with Crippen molar-refractivity contribution in [1.82, 2.24) is 4.90 Å². The van der Waals surface area contributed by atoms with Crippen molar-refractivity contribution in [1.29, 1.82) is 0 Å². The Morgan fingerprint density at radius 1 is 0.917 bits per heavy atom. The fourth-order valence-electron chi connectivity index (χ4n) is 2.60. The molecule has 0 aliphatic rings. The topological polar surface area (TPSA) is 33.7 Å². The number of ether oxygens (including phenoxy) is 2. The van der Waals surface area contributed by atoms with E-state index in [1.54, 1.807) is 14.2 Å². The fraction of sp³-hybridized carbons (Fsp3) is 0.400. The minimum atomic E-state index is 0.752. The van der Waals surface area contributed by atoms with Gasteiger partial charge in [-0.3, -0.25) is 0 Å². The zero-order valence-electron chi connectivity index (χ0n) is 14.9. The second-order valence-electron chi connectivity index (χ2n) is 5.89. The first-order chi connectivity index (χ1) is 11.7. The minimum Gasteiger partial charge on any atom is -0.493 e. The number of methoxy groups -OCH3 is 2. The molecule has 0 unspecified atom stereocenters. The third-order valence-corrected chi connectivity index (χ3v) is 4.05. The Labute approximate surface area is 145 Å². The molecule has 0 aromatic heterocycles. The highest BCUT2D eigenvalue weighted by atomic mass is 16.5. The van der Waals surface area contributed by atoms with Gasteiger partial charge in [-0.05, 0) is 44.1 Å². The van der Waals surface area contributed by atoms with E-state index >= 15 is 0 Å². The van der Waals surface area contributed by atoms with Crippen molar-refractivity contribution < 1.29 is 9.47 Å². The second kappa shape index (κ2) is 9.83. The van der Waals surface area contributed by atoms with E-state index < -0.39 is 0 Å². The summed E-state index contributed by atoms with van der Waals surface area (Å²) in [5, 5.41) is 3.44. The molecular weight excluding hydrogens is 300 g/mol. The van der Waals surface area contributed by atoms with Gasteiger partial charge >= 0.3 is 0 Å². The van der Waals surface area contributed by atoms with Gasteiger partial charge in [-0.1, -0.05) is 30.3 Å². The average molecular weight is 328 g/mol. The summed E-state index contributed by atoms with van der Waals surface area (Å²) in [6.07, 6.45) is 2.19. The van der Waals surface area contributed by atoms with E-state index in [-0.39, 0.29) is 0 Å². The molecule has 0 fully saturated rings. The number of hydrogen-bond acceptors (Lipinski definition) is 4. The Hall–Kier alpha value is -2.20. The molecule has 24 heavy (non-hydrogen) atoms. The van der Waals surface area contributed by atoms with Gasteiger partial charge in [0.2, 0.25) is 0 Å². The third-order valence-electron chi connectivity index (χ3n) is 4.05. The number of nitrogens with zero attached hydrogens (tertiary/aromatic N) is 1. The molecule has 2 aromatic carbocycles. The molecule has 0 spiro atoms. The SMILES string of the molecule is COc1ccc(NCCCN(C)CCc2ccccc2)cc1OC. The van der Waals surface area contributed by atoms with Gasteiger partial charge in [-0.25, -0.2) is 0 Å². The quantitative estimate of drug-likeness (QED) is 0.675. The van der Waals surface area contributed by atoms with Gasteiger partial charge in [-0.15, -0.1) is 0 Å². The molecule has 0 aliphatic carbocycles. The maximum atomic E-state index is 5.32. The Morgan fingerprint density at radius 3 is 2.38 bits per heavy atom. The van der Waals surface area contributed by atoms with Crippen LogP contribution in [0.2, 0.25) is 0 Å². The van der Waals surface area contributed by atoms with Crippen molar-refractivity contribution in [2.24, 2.45) is 0 Å². The number of likely N-dealkylation sites (N-methyl/N-ethyl adjacent to an activating group) is 1. The number of benzene rings is 2. The van der Waals surface area contributed by atoms with Crippen LogP contribution in [0.15, 0.2) is 48.5 Å². The highest BCUT2D eigenvalue weighted by molar-refractivity contribution is 5.54. The van der Waals surface area contributed by atoms with Crippen molar-refractivity contribution in [2.45, 2.75) is 12.8 Å². The molecule has 0 atom stereocenters. The van der Waals surface area contributed by atoms with Gasteiger partial charge in [0.1, 0.15) is 0 Å². The Kier molecular flexibility index (Phi) is 7.43. The molecular formula is C20H28N2O2. The Bertz CT molecular complexity index is 602. The number of anilines is 1. The van der Waals surface area contributed by atoms with Gasteiger partial charge in [-0.2, -0.15) is 0 Å². The predicted molar refractivity (Wildman–Crippen MR) is 100 cm³/mol. The van der Waals surface area contributed by atoms with Crippen molar-refractivity contribution in [3.8, 4) is 11.5 Å². The zero-order chi connectivity index (χ0) is 17.2. The molecule has 4 nitrogen and oxygen atoms in total. The molecule has 0 bridgehead atoms. The Balaban J connectivity index is 1.67. The van der Waals surface area contributed by atoms with Crippen LogP contribution >= 0.6 is 0 Å². The van der Waals surface area contributed by atoms with Crippen molar-refractivity contribution >= 4 is 5.69 Å². The van der Waals surface area contributed by atoms with Crippen LogP contribution in [-0.2, 0) is 6.42 Å². The molecule has 130 valence electrons. The lowest BCUT2D eigenvalue weighted by Gasteiger charge is -2.17. The standard InChI is InChI=1S/C20H28N2O2/c1-22(15-12-17-8-5-4-6-9-17)14-7-13-21-18-10-11-19(23-2)20(16-18)24-3/h4-6,8-11,16,21H,7,12-15H2,1-3H3. The first kappa shape index (κ1) is 18.1. The molecule has 2 aromatic rings. The summed E-state index contributed by atoms with van der Waals surface area (Å²) in [5.74, 6) is 1.51. The molecule has 2 rings (SSSR count). The highest BCUT2D eigenvalue weighted by Crippen LogP contribution is 2.29. The van der Waals surface area contributed by atoms with E-state index in [4.69, 9.17) is 9.47 Å². The summed E-state index contributed by atoms with van der Waals surface area (Å²) in [6.45, 7) is 3.10. The maximum absolute atomic E-state index is 5.32. The van der Waals surface area contributed by atoms with Gasteiger partial charge in [0.05, 0.1) is 14.2 Å². The van der Waals surface area contributed by atoms with Gasteiger partial charge < -0.3 is 19.7 Å². The highest BCUT2D eigenvalue weighted by Gasteiger charge is 2.04. The molecule has 0 aliphatic heterocycles. The second-order valence-corrected chi connectivity index (χ2v) is 5.89. The third kappa shape index (κ3) is 5.78. The van der Waals surface area contributed by atoms with E-state index in [0.29, 0.717) is 0 Å². The van der Waals surface area contributed by atoms with Gasteiger partial charge in [0, 0.05) is 24.8 Å². The molecule has 0 amide bonds. The van der Waals surface area contributed by atoms with E-state index in [1.165, 1.54) is 5.56 Å². The van der Waals surface area contributed by atoms with E-state index in [0.717, 1.165) is 49.7 Å². The van der Waals surface area contributed by atoms with Crippen LogP contribution in [0.1, 0.15) is 12.0 Å². The van der Waals surface area contributed by atoms with Gasteiger partial charge in [0.25, 0.3) is 0 Å². The lowest BCUT2D eigenvalue weighted by atomic mass is 10.1. The Morgan fingerprint density at radius 2 is 1.67 bits per heavy atom. The van der Waals surface area contributed by atoms with Crippen LogP contribution in [0.3, 0.4) is 0 Å². The van der Waals surface area contributed by atoms with Crippen LogP contribution in [0.25, 0.3) is 0 Å². The minimum absolute atomic E-state index is 0.752. The maximum Gasteiger partial charge on any atom is 0.162 e. The normalized spacial score (nSPS) is 10.7. The summed E-state index contributed by atoms with van der Waals surface area (Å²) in [5.41, 5.74) is 2.45. The first-order valence-electron chi connectivity index (χ1n) is 8.41. The number of rotatable bonds is 10. The molecule has 0 heterocycles. The van der Waals surface area contributed by atoms with Crippen LogP contribution in [0, 0.1) is 0 Å². The zero-order valence-corrected chi connectivity index (χ0v) is 14.9. The molecule has 1 N–H and O–H groups in total. The summed E-state index contributed by atoms with van der Waals surface area (Å²) in [7, 11) is 5.49. The summed E-state index contributed by atoms with van der Waals surface area (Å²) >= 11 is 0. The van der Waals surface area contributed by atoms with E-state index in [9.17, 15) is 0 Å². The lowest BCUT2D eigenvalue weighted by Crippen LogP contribution is -2.24. The first-order valence-corrected chi connectivity index (χ1v) is 8.41. The van der Waals surface area contributed by atoms with E-state index in [2.05, 4.69) is 47.6 Å². The van der Waals surface area contributed by atoms with Crippen molar-refractivity contribution in [2.75, 3.05) is 46.2 Å². The molecule has 0 saturated heterocycles. The van der Waals surface area contributed by atoms with Crippen LogP contribution < -0.4 is 14.8 Å². The molecule has 0 radical (unpaired) electrons. The van der Waals surface area contributed by atoms with Crippen LogP contribution in [-0.4, -0.2) is 45.8 Å². The summed E-state index contributed by atoms with van der Waals surface area (Å²) < 4.78 is 10.6. The lowest BCUT2D eigenvalue weighted by molar-refractivity contribution is 0.337. The summed E-state index contributed by atoms with van der Waals surface area (Å²) in [4.78, 5) is 2.38. The van der Waals surface area contributed by atoms with Crippen LogP contribution in [0.4, 0.5) is 5.69 Å². The van der Waals surface area contributed by atoms with Gasteiger partial charge in [0.15, 0.2) is 11.5 Å². The largest absolute Gasteiger partial charge is 0.493 e. The molecule has 4 heteroatoms. The van der Waals surface area contributed by atoms with Crippen molar-refractivity contribution in [3.63, 3.8) is 0 Å². The number of hydrogen-bond donors (Lipinski definition) is 1. The van der Waals surface area contributed by atoms with E-state index in [1.807, 2.05) is 18.2 Å². The smallest absolute Gasteiger partial charge is 0.162 e. The number of nitrogens with one attached hydrogen (secondary N) is 1. The average Bonchev–Trinajstić information content (AvgIpc) is 2.64.